The molecule has 0 fully saturated rings. The van der Waals surface area contributed by atoms with E-state index in [-0.39, 0.29) is 10.5 Å². The molecule has 0 unspecified atom stereocenters. The Hall–Kier alpha value is -0.263. The molecule has 0 spiro atoms. The molecule has 0 bridgehead atoms. The van der Waals surface area contributed by atoms with Gasteiger partial charge in [0, 0.05) is 12.0 Å². The van der Waals surface area contributed by atoms with Crippen molar-refractivity contribution in [2.75, 3.05) is 6.61 Å². The highest BCUT2D eigenvalue weighted by molar-refractivity contribution is 6.74. The number of rotatable bonds is 3. The minimum Gasteiger partial charge on any atom is -0.415 e. The Morgan fingerprint density at radius 3 is 1.86 bits per heavy atom. The summed E-state index contributed by atoms with van der Waals surface area (Å²) in [7, 11) is -1.63. The second-order valence-corrected chi connectivity index (χ2v) is 10.9. The third-order valence-corrected chi connectivity index (χ3v) is 7.47. The molecular weight excluding hydrogens is 188 g/mol. The SMILES string of the molecule is C#CC(C)(C)CO[Si](C)(C)C(C)(C)C. The van der Waals surface area contributed by atoms with Crippen LogP contribution in [0, 0.1) is 17.8 Å². The predicted octanol–water partition coefficient (Wildman–Crippen LogP) is 3.67. The zero-order valence-corrected chi connectivity index (χ0v) is 11.7. The maximum Gasteiger partial charge on any atom is 0.192 e. The van der Waals surface area contributed by atoms with Crippen LogP contribution in [-0.2, 0) is 4.43 Å². The summed E-state index contributed by atoms with van der Waals surface area (Å²) in [6, 6.07) is 0. The van der Waals surface area contributed by atoms with Crippen LogP contribution in [0.25, 0.3) is 0 Å². The van der Waals surface area contributed by atoms with Crippen LogP contribution in [0.5, 0.6) is 0 Å². The lowest BCUT2D eigenvalue weighted by atomic mass is 9.97. The minimum absolute atomic E-state index is 0.143. The molecule has 0 aliphatic carbocycles. The van der Waals surface area contributed by atoms with Crippen LogP contribution in [-0.4, -0.2) is 14.9 Å². The summed E-state index contributed by atoms with van der Waals surface area (Å²) in [6.07, 6.45) is 5.43. The molecule has 0 saturated heterocycles. The zero-order valence-electron chi connectivity index (χ0n) is 10.7. The van der Waals surface area contributed by atoms with Gasteiger partial charge < -0.3 is 4.43 Å². The Morgan fingerprint density at radius 1 is 1.14 bits per heavy atom. The number of terminal acetylenes is 1. The topological polar surface area (TPSA) is 9.23 Å². The highest BCUT2D eigenvalue weighted by Gasteiger charge is 2.38. The van der Waals surface area contributed by atoms with Gasteiger partial charge in [-0.05, 0) is 32.0 Å². The molecule has 0 aliphatic rings. The van der Waals surface area contributed by atoms with Crippen molar-refractivity contribution in [2.24, 2.45) is 5.41 Å². The van der Waals surface area contributed by atoms with Crippen LogP contribution >= 0.6 is 0 Å². The van der Waals surface area contributed by atoms with Gasteiger partial charge in [0.1, 0.15) is 0 Å². The van der Waals surface area contributed by atoms with Crippen molar-refractivity contribution in [3.8, 4) is 12.3 Å². The first-order valence-electron chi connectivity index (χ1n) is 5.14. The van der Waals surface area contributed by atoms with E-state index in [0.29, 0.717) is 6.61 Å². The van der Waals surface area contributed by atoms with Crippen LogP contribution < -0.4 is 0 Å². The molecule has 0 aromatic carbocycles. The molecule has 82 valence electrons. The average Bonchev–Trinajstić information content (AvgIpc) is 1.99. The molecular formula is C12H24OSi. The summed E-state index contributed by atoms with van der Waals surface area (Å²) in [5, 5.41) is 0.262. The molecule has 0 aliphatic heterocycles. The third-order valence-electron chi connectivity index (χ3n) is 2.99. The first-order chi connectivity index (χ1) is 6.02. The molecule has 0 aromatic rings. The van der Waals surface area contributed by atoms with Gasteiger partial charge in [0.05, 0.1) is 0 Å². The molecule has 0 amide bonds. The maximum atomic E-state index is 6.05. The highest BCUT2D eigenvalue weighted by atomic mass is 28.4. The maximum absolute atomic E-state index is 6.05. The smallest absolute Gasteiger partial charge is 0.192 e. The van der Waals surface area contributed by atoms with Crippen molar-refractivity contribution in [2.45, 2.75) is 52.8 Å². The van der Waals surface area contributed by atoms with Gasteiger partial charge >= 0.3 is 0 Å². The first kappa shape index (κ1) is 13.7. The fourth-order valence-corrected chi connectivity index (χ4v) is 1.77. The highest BCUT2D eigenvalue weighted by Crippen LogP contribution is 2.37. The Labute approximate surface area is 90.4 Å². The monoisotopic (exact) mass is 212 g/mol. The van der Waals surface area contributed by atoms with Crippen molar-refractivity contribution in [1.29, 1.82) is 0 Å². The van der Waals surface area contributed by atoms with Crippen LogP contribution in [0.1, 0.15) is 34.6 Å². The normalized spacial score (nSPS) is 13.9. The standard InChI is InChI=1S/C12H24OSi/c1-9-12(5,6)10-13-14(7,8)11(2,3)4/h1H,10H2,2-8H3. The van der Waals surface area contributed by atoms with E-state index >= 15 is 0 Å². The Balaban J connectivity index is 4.36. The first-order valence-corrected chi connectivity index (χ1v) is 8.04. The molecule has 1 nitrogen and oxygen atoms in total. The molecule has 0 atom stereocenters. The fraction of sp³-hybridized carbons (Fsp3) is 0.833. The second kappa shape index (κ2) is 4.08. The zero-order chi connectivity index (χ0) is 11.6. The van der Waals surface area contributed by atoms with E-state index in [1.807, 2.05) is 13.8 Å². The minimum atomic E-state index is -1.63. The van der Waals surface area contributed by atoms with E-state index < -0.39 is 8.32 Å². The molecule has 0 N–H and O–H groups in total. The number of hydrogen-bond donors (Lipinski definition) is 0. The van der Waals surface area contributed by atoms with Crippen LogP contribution in [0.4, 0.5) is 0 Å². The lowest BCUT2D eigenvalue weighted by Crippen LogP contribution is -2.42. The summed E-state index contributed by atoms with van der Waals surface area (Å²) in [5.74, 6) is 2.76. The van der Waals surface area contributed by atoms with E-state index in [1.165, 1.54) is 0 Å². The van der Waals surface area contributed by atoms with E-state index in [1.54, 1.807) is 0 Å². The van der Waals surface area contributed by atoms with Gasteiger partial charge in [-0.15, -0.1) is 6.42 Å². The number of hydrogen-bond acceptors (Lipinski definition) is 1. The van der Waals surface area contributed by atoms with Crippen molar-refractivity contribution in [1.82, 2.24) is 0 Å². The summed E-state index contributed by atoms with van der Waals surface area (Å²) in [6.45, 7) is 16.0. The summed E-state index contributed by atoms with van der Waals surface area (Å²) < 4.78 is 6.05. The molecule has 0 heterocycles. The van der Waals surface area contributed by atoms with Crippen molar-refractivity contribution < 1.29 is 4.43 Å². The molecule has 0 radical (unpaired) electrons. The summed E-state index contributed by atoms with van der Waals surface area (Å²) >= 11 is 0. The molecule has 0 saturated carbocycles. The van der Waals surface area contributed by atoms with Gasteiger partial charge in [-0.3, -0.25) is 0 Å². The van der Waals surface area contributed by atoms with Gasteiger partial charge in [0.25, 0.3) is 0 Å². The Morgan fingerprint density at radius 2 is 1.57 bits per heavy atom. The van der Waals surface area contributed by atoms with E-state index in [4.69, 9.17) is 10.8 Å². The van der Waals surface area contributed by atoms with Gasteiger partial charge in [-0.25, -0.2) is 0 Å². The lowest BCUT2D eigenvalue weighted by molar-refractivity contribution is 0.209. The largest absolute Gasteiger partial charge is 0.415 e. The fourth-order valence-electron chi connectivity index (χ4n) is 0.619. The van der Waals surface area contributed by atoms with Gasteiger partial charge in [-0.2, -0.15) is 0 Å². The van der Waals surface area contributed by atoms with Crippen molar-refractivity contribution in [3.05, 3.63) is 0 Å². The van der Waals surface area contributed by atoms with Crippen LogP contribution in [0.15, 0.2) is 0 Å². The third kappa shape index (κ3) is 3.85. The predicted molar refractivity (Wildman–Crippen MR) is 65.8 cm³/mol. The molecule has 0 aromatic heterocycles. The molecule has 14 heavy (non-hydrogen) atoms. The van der Waals surface area contributed by atoms with Gasteiger partial charge in [0.2, 0.25) is 0 Å². The van der Waals surface area contributed by atoms with E-state index in [0.717, 1.165) is 0 Å². The average molecular weight is 212 g/mol. The van der Waals surface area contributed by atoms with Crippen LogP contribution in [0.3, 0.4) is 0 Å². The molecule has 2 heteroatoms. The van der Waals surface area contributed by atoms with Gasteiger partial charge in [0.15, 0.2) is 8.32 Å². The van der Waals surface area contributed by atoms with Crippen molar-refractivity contribution >= 4 is 8.32 Å². The second-order valence-electron chi connectivity index (χ2n) is 6.08. The van der Waals surface area contributed by atoms with Crippen molar-refractivity contribution in [3.63, 3.8) is 0 Å². The molecule has 0 rings (SSSR count). The van der Waals surface area contributed by atoms with Crippen LogP contribution in [0.2, 0.25) is 18.1 Å². The van der Waals surface area contributed by atoms with E-state index in [9.17, 15) is 0 Å². The van der Waals surface area contributed by atoms with Gasteiger partial charge in [-0.1, -0.05) is 26.7 Å². The summed E-state index contributed by atoms with van der Waals surface area (Å²) in [5.41, 5.74) is -0.143. The Kier molecular flexibility index (Phi) is 4.00. The summed E-state index contributed by atoms with van der Waals surface area (Å²) in [4.78, 5) is 0. The quantitative estimate of drug-likeness (QED) is 0.512. The lowest BCUT2D eigenvalue weighted by Gasteiger charge is -2.38. The van der Waals surface area contributed by atoms with E-state index in [2.05, 4.69) is 39.8 Å². The Bertz CT molecular complexity index is 228.